The van der Waals surface area contributed by atoms with Gasteiger partial charge in [0.15, 0.2) is 11.5 Å². The van der Waals surface area contributed by atoms with Gasteiger partial charge in [-0.05, 0) is 31.0 Å². The van der Waals surface area contributed by atoms with Crippen molar-refractivity contribution < 1.29 is 18.8 Å². The fraction of sp³-hybridized carbons (Fsp3) is 0.471. The van der Waals surface area contributed by atoms with Gasteiger partial charge in [0.25, 0.3) is 0 Å². The second-order valence-electron chi connectivity index (χ2n) is 5.75. The van der Waals surface area contributed by atoms with Crippen molar-refractivity contribution in [3.8, 4) is 22.9 Å². The summed E-state index contributed by atoms with van der Waals surface area (Å²) in [5.74, 6) is 2.54. The third-order valence-electron chi connectivity index (χ3n) is 4.22. The number of nitrogens with one attached hydrogen (secondary N) is 1. The quantitative estimate of drug-likeness (QED) is 0.837. The Bertz CT molecular complexity index is 710. The summed E-state index contributed by atoms with van der Waals surface area (Å²) >= 11 is 0. The number of methoxy groups -OCH3 is 2. The second kappa shape index (κ2) is 7.33. The molecule has 0 saturated heterocycles. The van der Waals surface area contributed by atoms with E-state index in [9.17, 15) is 4.79 Å². The van der Waals surface area contributed by atoms with Crippen LogP contribution in [0.3, 0.4) is 0 Å². The maximum absolute atomic E-state index is 11.8. The first-order chi connectivity index (χ1) is 11.7. The lowest BCUT2D eigenvalue weighted by molar-refractivity contribution is -0.127. The van der Waals surface area contributed by atoms with Crippen LogP contribution in [0.4, 0.5) is 0 Å². The van der Waals surface area contributed by atoms with Crippen LogP contribution in [0.1, 0.15) is 25.2 Å². The number of ether oxygens (including phenoxy) is 2. The predicted octanol–water partition coefficient (Wildman–Crippen LogP) is 2.21. The Morgan fingerprint density at radius 3 is 2.75 bits per heavy atom. The van der Waals surface area contributed by atoms with Crippen LogP contribution < -0.4 is 14.8 Å². The smallest absolute Gasteiger partial charge is 0.228 e. The summed E-state index contributed by atoms with van der Waals surface area (Å²) < 4.78 is 15.7. The zero-order chi connectivity index (χ0) is 16.9. The Hall–Kier alpha value is -2.57. The van der Waals surface area contributed by atoms with Crippen LogP contribution in [0.25, 0.3) is 11.4 Å². The van der Waals surface area contributed by atoms with Gasteiger partial charge in [0, 0.05) is 24.4 Å². The molecule has 2 aromatic rings. The van der Waals surface area contributed by atoms with E-state index in [-0.39, 0.29) is 11.8 Å². The van der Waals surface area contributed by atoms with E-state index in [0.717, 1.165) is 24.8 Å². The zero-order valence-corrected chi connectivity index (χ0v) is 13.9. The van der Waals surface area contributed by atoms with Gasteiger partial charge in [0.05, 0.1) is 14.2 Å². The number of carbonyl (C=O) groups excluding carboxylic acids is 1. The normalized spacial score (nSPS) is 14.1. The fourth-order valence-corrected chi connectivity index (χ4v) is 2.56. The van der Waals surface area contributed by atoms with E-state index in [1.54, 1.807) is 26.4 Å². The van der Waals surface area contributed by atoms with Crippen molar-refractivity contribution >= 4 is 5.91 Å². The molecular weight excluding hydrogens is 310 g/mol. The molecule has 24 heavy (non-hydrogen) atoms. The molecule has 0 atom stereocenters. The summed E-state index contributed by atoms with van der Waals surface area (Å²) in [5.41, 5.74) is 0.779. The Morgan fingerprint density at radius 2 is 2.08 bits per heavy atom. The van der Waals surface area contributed by atoms with E-state index < -0.39 is 0 Å². The van der Waals surface area contributed by atoms with E-state index >= 15 is 0 Å². The molecule has 1 heterocycles. The molecule has 0 unspecified atom stereocenters. The molecule has 128 valence electrons. The highest BCUT2D eigenvalue weighted by Gasteiger charge is 2.24. The van der Waals surface area contributed by atoms with Gasteiger partial charge in [0.2, 0.25) is 17.6 Å². The van der Waals surface area contributed by atoms with Crippen molar-refractivity contribution in [3.63, 3.8) is 0 Å². The molecule has 1 aromatic carbocycles. The largest absolute Gasteiger partial charge is 0.493 e. The highest BCUT2D eigenvalue weighted by molar-refractivity contribution is 5.79. The van der Waals surface area contributed by atoms with Crippen molar-refractivity contribution in [1.29, 1.82) is 0 Å². The van der Waals surface area contributed by atoms with Gasteiger partial charge in [0.1, 0.15) is 0 Å². The maximum atomic E-state index is 11.8. The lowest BCUT2D eigenvalue weighted by Crippen LogP contribution is -2.35. The number of nitrogens with zero attached hydrogens (tertiary/aromatic N) is 2. The minimum Gasteiger partial charge on any atom is -0.493 e. The molecule has 0 bridgehead atoms. The lowest BCUT2D eigenvalue weighted by Gasteiger charge is -2.23. The number of carbonyl (C=O) groups is 1. The van der Waals surface area contributed by atoms with Crippen molar-refractivity contribution in [3.05, 3.63) is 24.1 Å². The van der Waals surface area contributed by atoms with Gasteiger partial charge in [-0.15, -0.1) is 0 Å². The Labute approximate surface area is 140 Å². The van der Waals surface area contributed by atoms with E-state index in [1.165, 1.54) is 0 Å². The standard InChI is InChI=1S/C17H21N3O4/c1-22-13-7-6-12(10-14(13)23-2)16-19-15(24-20-16)8-9-18-17(21)11-4-3-5-11/h6-7,10-11H,3-5,8-9H2,1-2H3,(H,18,21). The molecule has 1 N–H and O–H groups in total. The third kappa shape index (κ3) is 3.50. The summed E-state index contributed by atoms with van der Waals surface area (Å²) in [7, 11) is 3.16. The fourth-order valence-electron chi connectivity index (χ4n) is 2.56. The molecule has 0 radical (unpaired) electrons. The minimum atomic E-state index is 0.126. The van der Waals surface area contributed by atoms with E-state index in [0.29, 0.717) is 36.2 Å². The van der Waals surface area contributed by atoms with Crippen LogP contribution in [0.15, 0.2) is 22.7 Å². The van der Waals surface area contributed by atoms with Crippen LogP contribution in [0.2, 0.25) is 0 Å². The second-order valence-corrected chi connectivity index (χ2v) is 5.75. The van der Waals surface area contributed by atoms with Crippen LogP contribution in [-0.2, 0) is 11.2 Å². The predicted molar refractivity (Wildman–Crippen MR) is 86.9 cm³/mol. The number of amides is 1. The van der Waals surface area contributed by atoms with Crippen molar-refractivity contribution in [2.45, 2.75) is 25.7 Å². The van der Waals surface area contributed by atoms with Crippen LogP contribution in [0.5, 0.6) is 11.5 Å². The van der Waals surface area contributed by atoms with E-state index in [4.69, 9.17) is 14.0 Å². The molecule has 1 fully saturated rings. The van der Waals surface area contributed by atoms with Crippen molar-refractivity contribution in [2.24, 2.45) is 5.92 Å². The Balaban J connectivity index is 1.59. The first-order valence-corrected chi connectivity index (χ1v) is 8.04. The van der Waals surface area contributed by atoms with Gasteiger partial charge >= 0.3 is 0 Å². The molecule has 7 heteroatoms. The molecule has 1 aliphatic carbocycles. The van der Waals surface area contributed by atoms with Crippen LogP contribution in [0, 0.1) is 5.92 Å². The molecule has 0 aliphatic heterocycles. The first kappa shape index (κ1) is 16.3. The lowest BCUT2D eigenvalue weighted by atomic mass is 9.85. The minimum absolute atomic E-state index is 0.126. The van der Waals surface area contributed by atoms with Crippen LogP contribution in [-0.4, -0.2) is 36.8 Å². The average Bonchev–Trinajstić information content (AvgIpc) is 3.01. The molecule has 0 spiro atoms. The van der Waals surface area contributed by atoms with Crippen molar-refractivity contribution in [1.82, 2.24) is 15.5 Å². The highest BCUT2D eigenvalue weighted by Crippen LogP contribution is 2.31. The molecule has 7 nitrogen and oxygen atoms in total. The Morgan fingerprint density at radius 1 is 1.29 bits per heavy atom. The maximum Gasteiger partial charge on any atom is 0.228 e. The molecular formula is C17H21N3O4. The number of rotatable bonds is 7. The van der Waals surface area contributed by atoms with E-state index in [1.807, 2.05) is 6.07 Å². The summed E-state index contributed by atoms with van der Waals surface area (Å²) in [6.07, 6.45) is 3.65. The first-order valence-electron chi connectivity index (χ1n) is 8.04. The number of aromatic nitrogens is 2. The molecule has 1 aliphatic rings. The molecule has 1 saturated carbocycles. The van der Waals surface area contributed by atoms with Crippen LogP contribution >= 0.6 is 0 Å². The van der Waals surface area contributed by atoms with Gasteiger partial charge in [-0.2, -0.15) is 4.98 Å². The van der Waals surface area contributed by atoms with Gasteiger partial charge in [-0.25, -0.2) is 0 Å². The summed E-state index contributed by atoms with van der Waals surface area (Å²) in [5, 5.41) is 6.89. The number of hydrogen-bond donors (Lipinski definition) is 1. The van der Waals surface area contributed by atoms with Crippen molar-refractivity contribution in [2.75, 3.05) is 20.8 Å². The molecule has 1 aromatic heterocycles. The monoisotopic (exact) mass is 331 g/mol. The third-order valence-corrected chi connectivity index (χ3v) is 4.22. The van der Waals surface area contributed by atoms with Gasteiger partial charge < -0.3 is 19.3 Å². The summed E-state index contributed by atoms with van der Waals surface area (Å²) in [6.45, 7) is 0.503. The Kier molecular flexibility index (Phi) is 4.98. The molecule has 3 rings (SSSR count). The van der Waals surface area contributed by atoms with E-state index in [2.05, 4.69) is 15.5 Å². The average molecular weight is 331 g/mol. The number of benzene rings is 1. The summed E-state index contributed by atoms with van der Waals surface area (Å²) in [4.78, 5) is 16.1. The van der Waals surface area contributed by atoms with Gasteiger partial charge in [-0.1, -0.05) is 11.6 Å². The molecule has 1 amide bonds. The summed E-state index contributed by atoms with van der Waals surface area (Å²) in [6, 6.07) is 5.43. The zero-order valence-electron chi connectivity index (χ0n) is 13.9. The van der Waals surface area contributed by atoms with Gasteiger partial charge in [-0.3, -0.25) is 4.79 Å². The number of hydrogen-bond acceptors (Lipinski definition) is 6. The SMILES string of the molecule is COc1ccc(-c2noc(CCNC(=O)C3CCC3)n2)cc1OC. The highest BCUT2D eigenvalue weighted by atomic mass is 16.5. The topological polar surface area (TPSA) is 86.5 Å².